The van der Waals surface area contributed by atoms with Gasteiger partial charge in [0.25, 0.3) is 0 Å². The van der Waals surface area contributed by atoms with Crippen LogP contribution in [0.5, 0.6) is 0 Å². The zero-order chi connectivity index (χ0) is 21.6. The van der Waals surface area contributed by atoms with E-state index in [1.165, 1.54) is 5.69 Å². The minimum Gasteiger partial charge on any atom is -0.357 e. The monoisotopic (exact) mass is 559 g/mol. The van der Waals surface area contributed by atoms with E-state index in [1.54, 1.807) is 16.4 Å². The Hall–Kier alpha value is -1.59. The standard InChI is InChI=1S/C22H33N5O2S.HI/c1-4-23-22(26(3)18-20-9-8-14-25(20)2)24-17-19-10-12-21(13-11-19)30(28,29)27-15-6-5-7-16-27;/h8-14H,4-7,15-18H2,1-3H3,(H,23,24);1H. The minimum absolute atomic E-state index is 0. The van der Waals surface area contributed by atoms with Crippen molar-refractivity contribution in [3.63, 3.8) is 0 Å². The van der Waals surface area contributed by atoms with Crippen LogP contribution in [0.15, 0.2) is 52.5 Å². The molecule has 1 aromatic carbocycles. The van der Waals surface area contributed by atoms with E-state index in [0.717, 1.165) is 43.9 Å². The molecule has 0 aliphatic carbocycles. The first-order valence-electron chi connectivity index (χ1n) is 10.6. The average molecular weight is 560 g/mol. The summed E-state index contributed by atoms with van der Waals surface area (Å²) in [5.74, 6) is 0.823. The molecular weight excluding hydrogens is 525 g/mol. The summed E-state index contributed by atoms with van der Waals surface area (Å²) in [5, 5.41) is 3.33. The molecule has 0 unspecified atom stereocenters. The molecule has 9 heteroatoms. The second-order valence-electron chi connectivity index (χ2n) is 7.75. The van der Waals surface area contributed by atoms with Gasteiger partial charge in [-0.3, -0.25) is 0 Å². The van der Waals surface area contributed by atoms with E-state index in [0.29, 0.717) is 24.5 Å². The molecule has 1 N–H and O–H groups in total. The highest BCUT2D eigenvalue weighted by Gasteiger charge is 2.25. The van der Waals surface area contributed by atoms with Crippen molar-refractivity contribution in [2.75, 3.05) is 26.7 Å². The third-order valence-corrected chi connectivity index (χ3v) is 7.35. The van der Waals surface area contributed by atoms with Crippen LogP contribution < -0.4 is 5.32 Å². The topological polar surface area (TPSA) is 69.9 Å². The van der Waals surface area contributed by atoms with E-state index in [9.17, 15) is 8.42 Å². The highest BCUT2D eigenvalue weighted by Crippen LogP contribution is 2.21. The van der Waals surface area contributed by atoms with E-state index < -0.39 is 10.0 Å². The summed E-state index contributed by atoms with van der Waals surface area (Å²) in [6.07, 6.45) is 5.02. The highest BCUT2D eigenvalue weighted by molar-refractivity contribution is 14.0. The summed E-state index contributed by atoms with van der Waals surface area (Å²) >= 11 is 0. The number of hydrogen-bond donors (Lipinski definition) is 1. The van der Waals surface area contributed by atoms with Gasteiger partial charge in [-0.25, -0.2) is 13.4 Å². The molecule has 0 atom stereocenters. The van der Waals surface area contributed by atoms with Crippen molar-refractivity contribution in [3.8, 4) is 0 Å². The van der Waals surface area contributed by atoms with Crippen LogP contribution in [0.1, 0.15) is 37.4 Å². The first-order chi connectivity index (χ1) is 14.4. The van der Waals surface area contributed by atoms with Crippen LogP contribution in [0.3, 0.4) is 0 Å². The molecule has 1 fully saturated rings. The molecule has 2 heterocycles. The summed E-state index contributed by atoms with van der Waals surface area (Å²) in [5.41, 5.74) is 2.19. The molecule has 7 nitrogen and oxygen atoms in total. The Morgan fingerprint density at radius 1 is 1.13 bits per heavy atom. The Bertz CT molecular complexity index is 951. The number of guanidine groups is 1. The van der Waals surface area contributed by atoms with Gasteiger partial charge in [-0.05, 0) is 49.6 Å². The van der Waals surface area contributed by atoms with Crippen molar-refractivity contribution in [2.45, 2.75) is 44.2 Å². The fourth-order valence-electron chi connectivity index (χ4n) is 3.64. The molecule has 0 amide bonds. The fourth-order valence-corrected chi connectivity index (χ4v) is 5.15. The van der Waals surface area contributed by atoms with Gasteiger partial charge in [0, 0.05) is 45.6 Å². The lowest BCUT2D eigenvalue weighted by Crippen LogP contribution is -2.38. The summed E-state index contributed by atoms with van der Waals surface area (Å²) < 4.78 is 29.3. The molecule has 0 saturated carbocycles. The number of halogens is 1. The van der Waals surface area contributed by atoms with Gasteiger partial charge in [-0.1, -0.05) is 18.6 Å². The average Bonchev–Trinajstić information content (AvgIpc) is 3.16. The quantitative estimate of drug-likeness (QED) is 0.321. The predicted molar refractivity (Wildman–Crippen MR) is 136 cm³/mol. The lowest BCUT2D eigenvalue weighted by molar-refractivity contribution is 0.346. The van der Waals surface area contributed by atoms with Crippen LogP contribution in [0.2, 0.25) is 0 Å². The van der Waals surface area contributed by atoms with Crippen LogP contribution in [-0.2, 0) is 30.2 Å². The highest BCUT2D eigenvalue weighted by atomic mass is 127. The summed E-state index contributed by atoms with van der Waals surface area (Å²) in [6.45, 7) is 5.31. The first kappa shape index (κ1) is 25.7. The van der Waals surface area contributed by atoms with Crippen molar-refractivity contribution in [3.05, 3.63) is 53.9 Å². The van der Waals surface area contributed by atoms with Gasteiger partial charge in [-0.15, -0.1) is 24.0 Å². The summed E-state index contributed by atoms with van der Waals surface area (Å²) in [6, 6.07) is 11.3. The lowest BCUT2D eigenvalue weighted by atomic mass is 10.2. The van der Waals surface area contributed by atoms with Crippen LogP contribution in [0, 0.1) is 0 Å². The lowest BCUT2D eigenvalue weighted by Gasteiger charge is -2.25. The van der Waals surface area contributed by atoms with Gasteiger partial charge in [0.05, 0.1) is 18.0 Å². The van der Waals surface area contributed by atoms with Crippen LogP contribution in [0.4, 0.5) is 0 Å². The number of nitrogens with one attached hydrogen (secondary N) is 1. The third kappa shape index (κ3) is 6.69. The molecule has 1 saturated heterocycles. The molecule has 172 valence electrons. The number of benzene rings is 1. The molecule has 0 radical (unpaired) electrons. The van der Waals surface area contributed by atoms with E-state index in [1.807, 2.05) is 45.4 Å². The number of rotatable bonds is 7. The second kappa shape index (κ2) is 11.9. The van der Waals surface area contributed by atoms with Gasteiger partial charge in [-0.2, -0.15) is 4.31 Å². The first-order valence-corrected chi connectivity index (χ1v) is 12.0. The molecule has 1 aliphatic rings. The number of aromatic nitrogens is 1. The van der Waals surface area contributed by atoms with Crippen LogP contribution in [0.25, 0.3) is 0 Å². The van der Waals surface area contributed by atoms with E-state index in [-0.39, 0.29) is 24.0 Å². The van der Waals surface area contributed by atoms with Crippen molar-refractivity contribution in [1.29, 1.82) is 0 Å². The number of aryl methyl sites for hydroxylation is 1. The fraction of sp³-hybridized carbons (Fsp3) is 0.500. The maximum atomic E-state index is 12.8. The van der Waals surface area contributed by atoms with Gasteiger partial charge >= 0.3 is 0 Å². The summed E-state index contributed by atoms with van der Waals surface area (Å²) in [7, 11) is 0.660. The molecule has 0 bridgehead atoms. The summed E-state index contributed by atoms with van der Waals surface area (Å²) in [4.78, 5) is 7.19. The molecule has 31 heavy (non-hydrogen) atoms. The molecule has 0 spiro atoms. The third-order valence-electron chi connectivity index (χ3n) is 5.43. The SMILES string of the molecule is CCNC(=NCc1ccc(S(=O)(=O)N2CCCCC2)cc1)N(C)Cc1cccn1C.I. The predicted octanol–water partition coefficient (Wildman–Crippen LogP) is 3.42. The maximum absolute atomic E-state index is 12.8. The normalized spacial score (nSPS) is 15.4. The van der Waals surface area contributed by atoms with Gasteiger partial charge < -0.3 is 14.8 Å². The van der Waals surface area contributed by atoms with Crippen molar-refractivity contribution >= 4 is 40.0 Å². The minimum atomic E-state index is -3.39. The number of aliphatic imine (C=N–C) groups is 1. The Balaban J connectivity index is 0.00000341. The van der Waals surface area contributed by atoms with Crippen LogP contribution in [-0.4, -0.2) is 54.8 Å². The van der Waals surface area contributed by atoms with Gasteiger partial charge in [0.15, 0.2) is 5.96 Å². The number of piperidine rings is 1. The van der Waals surface area contributed by atoms with E-state index in [2.05, 4.69) is 20.9 Å². The molecular formula is C22H34IN5O2S. The van der Waals surface area contributed by atoms with E-state index in [4.69, 9.17) is 4.99 Å². The van der Waals surface area contributed by atoms with E-state index >= 15 is 0 Å². The molecule has 1 aliphatic heterocycles. The van der Waals surface area contributed by atoms with Gasteiger partial charge in [0.2, 0.25) is 10.0 Å². The number of hydrogen-bond acceptors (Lipinski definition) is 3. The Morgan fingerprint density at radius 3 is 2.39 bits per heavy atom. The zero-order valence-corrected chi connectivity index (χ0v) is 21.8. The van der Waals surface area contributed by atoms with Gasteiger partial charge in [0.1, 0.15) is 0 Å². The largest absolute Gasteiger partial charge is 0.357 e. The molecule has 1 aromatic heterocycles. The Labute approximate surface area is 203 Å². The number of nitrogens with zero attached hydrogens (tertiary/aromatic N) is 4. The van der Waals surface area contributed by atoms with Crippen LogP contribution >= 0.6 is 24.0 Å². The van der Waals surface area contributed by atoms with Crippen molar-refractivity contribution in [1.82, 2.24) is 19.1 Å². The molecule has 2 aromatic rings. The zero-order valence-electron chi connectivity index (χ0n) is 18.6. The Morgan fingerprint density at radius 2 is 1.81 bits per heavy atom. The number of sulfonamides is 1. The smallest absolute Gasteiger partial charge is 0.243 e. The molecule has 3 rings (SSSR count). The maximum Gasteiger partial charge on any atom is 0.243 e. The second-order valence-corrected chi connectivity index (χ2v) is 9.68. The van der Waals surface area contributed by atoms with Crippen molar-refractivity contribution in [2.24, 2.45) is 12.0 Å². The Kier molecular flexibility index (Phi) is 9.83. The van der Waals surface area contributed by atoms with Crippen molar-refractivity contribution < 1.29 is 8.42 Å².